The van der Waals surface area contributed by atoms with Crippen molar-refractivity contribution in [1.29, 1.82) is 5.26 Å². The van der Waals surface area contributed by atoms with Crippen LogP contribution in [0.4, 0.5) is 4.39 Å². The predicted molar refractivity (Wildman–Crippen MR) is 79.5 cm³/mol. The minimum atomic E-state index is -0.436. The number of benzene rings is 2. The molecule has 2 rings (SSSR count). The van der Waals surface area contributed by atoms with Gasteiger partial charge in [-0.05, 0) is 36.7 Å². The molecule has 0 saturated carbocycles. The van der Waals surface area contributed by atoms with Crippen LogP contribution < -0.4 is 10.1 Å². The molecule has 4 heteroatoms. The maximum atomic E-state index is 13.8. The van der Waals surface area contributed by atoms with Gasteiger partial charge in [-0.1, -0.05) is 24.3 Å². The molecule has 0 aliphatic carbocycles. The first-order valence-electron chi connectivity index (χ1n) is 6.75. The molecule has 3 nitrogen and oxygen atoms in total. The lowest BCUT2D eigenvalue weighted by Crippen LogP contribution is -2.17. The number of hydrogen-bond acceptors (Lipinski definition) is 3. The van der Waals surface area contributed by atoms with Gasteiger partial charge in [-0.2, -0.15) is 5.26 Å². The number of rotatable bonds is 6. The third kappa shape index (κ3) is 4.04. The Hall–Kier alpha value is -2.38. The highest BCUT2D eigenvalue weighted by atomic mass is 19.1. The van der Waals surface area contributed by atoms with Crippen LogP contribution in [0.3, 0.4) is 0 Å². The Balaban J connectivity index is 1.86. The normalized spacial score (nSPS) is 10.1. The molecule has 2 aromatic carbocycles. The first-order valence-corrected chi connectivity index (χ1v) is 6.75. The van der Waals surface area contributed by atoms with E-state index in [2.05, 4.69) is 5.32 Å². The van der Waals surface area contributed by atoms with Gasteiger partial charge in [0.15, 0.2) is 0 Å². The van der Waals surface area contributed by atoms with Gasteiger partial charge < -0.3 is 10.1 Å². The molecule has 0 spiro atoms. The minimum absolute atomic E-state index is 0.0853. The maximum Gasteiger partial charge on any atom is 0.145 e. The monoisotopic (exact) mass is 284 g/mol. The molecule has 0 unspecified atom stereocenters. The average Bonchev–Trinajstić information content (AvgIpc) is 2.53. The Bertz CT molecular complexity index is 649. The second-order valence-electron chi connectivity index (χ2n) is 4.67. The molecule has 0 fully saturated rings. The van der Waals surface area contributed by atoms with Crippen molar-refractivity contribution < 1.29 is 9.13 Å². The van der Waals surface area contributed by atoms with Crippen molar-refractivity contribution >= 4 is 0 Å². The van der Waals surface area contributed by atoms with Crippen molar-refractivity contribution in [2.24, 2.45) is 0 Å². The summed E-state index contributed by atoms with van der Waals surface area (Å²) in [5.41, 5.74) is 1.76. The molecule has 0 aliphatic heterocycles. The fraction of sp³-hybridized carbons (Fsp3) is 0.235. The molecule has 2 aromatic rings. The molecule has 0 atom stereocenters. The van der Waals surface area contributed by atoms with Crippen LogP contribution in [-0.4, -0.2) is 13.7 Å². The van der Waals surface area contributed by atoms with Gasteiger partial charge in [0.1, 0.15) is 17.6 Å². The first kappa shape index (κ1) is 15.0. The van der Waals surface area contributed by atoms with Gasteiger partial charge in [0, 0.05) is 12.1 Å². The number of nitrogens with zero attached hydrogens (tertiary/aromatic N) is 1. The van der Waals surface area contributed by atoms with E-state index >= 15 is 0 Å². The largest absolute Gasteiger partial charge is 0.497 e. The highest BCUT2D eigenvalue weighted by molar-refractivity contribution is 5.35. The first-order chi connectivity index (χ1) is 10.2. The number of hydrogen-bond donors (Lipinski definition) is 1. The van der Waals surface area contributed by atoms with Crippen LogP contribution >= 0.6 is 0 Å². The number of nitriles is 1. The lowest BCUT2D eigenvalue weighted by atomic mass is 10.1. The van der Waals surface area contributed by atoms with E-state index in [1.165, 1.54) is 6.07 Å². The molecule has 0 heterocycles. The van der Waals surface area contributed by atoms with E-state index in [-0.39, 0.29) is 5.56 Å². The summed E-state index contributed by atoms with van der Waals surface area (Å²) >= 11 is 0. The molecule has 0 saturated heterocycles. The molecule has 0 aliphatic rings. The van der Waals surface area contributed by atoms with Crippen LogP contribution in [0.15, 0.2) is 42.5 Å². The second-order valence-corrected chi connectivity index (χ2v) is 4.67. The summed E-state index contributed by atoms with van der Waals surface area (Å²) in [6.07, 6.45) is 0.830. The van der Waals surface area contributed by atoms with Crippen LogP contribution in [0.2, 0.25) is 0 Å². The molecule has 21 heavy (non-hydrogen) atoms. The molecular formula is C17H17FN2O. The third-order valence-corrected chi connectivity index (χ3v) is 3.24. The van der Waals surface area contributed by atoms with Gasteiger partial charge in [-0.25, -0.2) is 4.39 Å². The van der Waals surface area contributed by atoms with Gasteiger partial charge in [0.2, 0.25) is 0 Å². The van der Waals surface area contributed by atoms with Crippen molar-refractivity contribution in [2.45, 2.75) is 13.0 Å². The summed E-state index contributed by atoms with van der Waals surface area (Å²) in [7, 11) is 1.64. The average molecular weight is 284 g/mol. The van der Waals surface area contributed by atoms with E-state index in [1.807, 2.05) is 30.3 Å². The smallest absolute Gasteiger partial charge is 0.145 e. The molecule has 1 N–H and O–H groups in total. The zero-order valence-corrected chi connectivity index (χ0v) is 11.9. The number of nitrogens with one attached hydrogen (secondary N) is 1. The fourth-order valence-corrected chi connectivity index (χ4v) is 2.09. The van der Waals surface area contributed by atoms with Crippen LogP contribution in [0, 0.1) is 17.1 Å². The van der Waals surface area contributed by atoms with Gasteiger partial charge in [0.25, 0.3) is 0 Å². The molecule has 0 bridgehead atoms. The summed E-state index contributed by atoms with van der Waals surface area (Å²) in [5, 5.41) is 12.0. The molecule has 108 valence electrons. The van der Waals surface area contributed by atoms with Gasteiger partial charge >= 0.3 is 0 Å². The van der Waals surface area contributed by atoms with Gasteiger partial charge in [0.05, 0.1) is 12.7 Å². The maximum absolute atomic E-state index is 13.8. The van der Waals surface area contributed by atoms with Crippen LogP contribution in [0.1, 0.15) is 16.7 Å². The lowest BCUT2D eigenvalue weighted by molar-refractivity contribution is 0.414. The summed E-state index contributed by atoms with van der Waals surface area (Å²) in [5.74, 6) is 0.397. The van der Waals surface area contributed by atoms with Crippen molar-refractivity contribution in [3.05, 3.63) is 65.0 Å². The van der Waals surface area contributed by atoms with E-state index in [1.54, 1.807) is 19.2 Å². The van der Waals surface area contributed by atoms with Crippen molar-refractivity contribution in [3.8, 4) is 11.8 Å². The Morgan fingerprint density at radius 3 is 2.81 bits per heavy atom. The predicted octanol–water partition coefficient (Wildman–Crippen LogP) is 3.04. The number of methoxy groups -OCH3 is 1. The van der Waals surface area contributed by atoms with Crippen LogP contribution in [0.5, 0.6) is 5.75 Å². The second kappa shape index (κ2) is 7.41. The Morgan fingerprint density at radius 1 is 1.24 bits per heavy atom. The Morgan fingerprint density at radius 2 is 2.05 bits per heavy atom. The fourth-order valence-electron chi connectivity index (χ4n) is 2.09. The third-order valence-electron chi connectivity index (χ3n) is 3.24. The van der Waals surface area contributed by atoms with Gasteiger partial charge in [-0.15, -0.1) is 0 Å². The SMILES string of the molecule is COc1cccc(CCNCc2cccc(C#N)c2F)c1. The van der Waals surface area contributed by atoms with Crippen molar-refractivity contribution in [1.82, 2.24) is 5.32 Å². The zero-order valence-electron chi connectivity index (χ0n) is 11.9. The van der Waals surface area contributed by atoms with Crippen molar-refractivity contribution in [2.75, 3.05) is 13.7 Å². The summed E-state index contributed by atoms with van der Waals surface area (Å²) in [4.78, 5) is 0. The summed E-state index contributed by atoms with van der Waals surface area (Å²) in [6, 6.07) is 14.6. The minimum Gasteiger partial charge on any atom is -0.497 e. The Kier molecular flexibility index (Phi) is 5.30. The summed E-state index contributed by atoms with van der Waals surface area (Å²) in [6.45, 7) is 1.13. The van der Waals surface area contributed by atoms with E-state index in [4.69, 9.17) is 10.00 Å². The zero-order chi connectivity index (χ0) is 15.1. The lowest BCUT2D eigenvalue weighted by Gasteiger charge is -2.08. The highest BCUT2D eigenvalue weighted by Gasteiger charge is 2.06. The standard InChI is InChI=1S/C17H17FN2O/c1-21-16-7-2-4-13(10-16)8-9-20-12-15-6-3-5-14(11-19)17(15)18/h2-7,10,20H,8-9,12H2,1H3. The van der Waals surface area contributed by atoms with E-state index < -0.39 is 5.82 Å². The molecular weight excluding hydrogens is 267 g/mol. The van der Waals surface area contributed by atoms with Crippen LogP contribution in [-0.2, 0) is 13.0 Å². The molecule has 0 radical (unpaired) electrons. The number of halogens is 1. The van der Waals surface area contributed by atoms with E-state index in [0.29, 0.717) is 12.1 Å². The molecule has 0 amide bonds. The van der Waals surface area contributed by atoms with Crippen LogP contribution in [0.25, 0.3) is 0 Å². The Labute approximate surface area is 124 Å². The summed E-state index contributed by atoms with van der Waals surface area (Å²) < 4.78 is 19.0. The number of ether oxygens (including phenoxy) is 1. The van der Waals surface area contributed by atoms with Gasteiger partial charge in [-0.3, -0.25) is 0 Å². The quantitative estimate of drug-likeness (QED) is 0.829. The molecule has 0 aromatic heterocycles. The highest BCUT2D eigenvalue weighted by Crippen LogP contribution is 2.13. The van der Waals surface area contributed by atoms with E-state index in [0.717, 1.165) is 24.3 Å². The topological polar surface area (TPSA) is 45.0 Å². The van der Waals surface area contributed by atoms with Crippen molar-refractivity contribution in [3.63, 3.8) is 0 Å². The van der Waals surface area contributed by atoms with E-state index in [9.17, 15) is 4.39 Å².